The molecule has 1 N–H and O–H groups in total. The number of hydrogen-bond donors (Lipinski definition) is 1. The Hall–Kier alpha value is -2.07. The minimum absolute atomic E-state index is 0.378. The fraction of sp³-hybridized carbons (Fsp3) is 0.200. The molecule has 0 saturated carbocycles. The van der Waals surface area contributed by atoms with Crippen molar-refractivity contribution in [3.8, 4) is 11.5 Å². The summed E-state index contributed by atoms with van der Waals surface area (Å²) in [6, 6.07) is 11.0. The van der Waals surface area contributed by atoms with E-state index in [1.807, 2.05) is 0 Å². The van der Waals surface area contributed by atoms with Crippen LogP contribution in [-0.4, -0.2) is 19.3 Å². The molecule has 3 nitrogen and oxygen atoms in total. The summed E-state index contributed by atoms with van der Waals surface area (Å²) in [5.41, 5.74) is 1.11. The zero-order valence-electron chi connectivity index (χ0n) is 10.8. The van der Waals surface area contributed by atoms with Crippen LogP contribution in [-0.2, 0) is 0 Å². The van der Waals surface area contributed by atoms with Gasteiger partial charge in [-0.05, 0) is 35.4 Å². The van der Waals surface area contributed by atoms with Gasteiger partial charge in [0.1, 0.15) is 11.9 Å². The molecule has 4 heteroatoms. The van der Waals surface area contributed by atoms with Crippen LogP contribution in [0.15, 0.2) is 42.5 Å². The van der Waals surface area contributed by atoms with Crippen molar-refractivity contribution in [3.05, 3.63) is 59.4 Å². The number of methoxy groups -OCH3 is 2. The summed E-state index contributed by atoms with van der Waals surface area (Å²) < 4.78 is 23.5. The predicted molar refractivity (Wildman–Crippen MR) is 70.0 cm³/mol. The van der Waals surface area contributed by atoms with Crippen molar-refractivity contribution in [2.24, 2.45) is 0 Å². The molecule has 0 amide bonds. The van der Waals surface area contributed by atoms with Gasteiger partial charge in [0.25, 0.3) is 0 Å². The third kappa shape index (κ3) is 2.85. The van der Waals surface area contributed by atoms with E-state index in [-0.39, 0.29) is 5.82 Å². The Bertz CT molecular complexity index is 569. The molecule has 1 unspecified atom stereocenters. The Morgan fingerprint density at radius 3 is 2.26 bits per heavy atom. The molecule has 0 bridgehead atoms. The maximum Gasteiger partial charge on any atom is 0.161 e. The van der Waals surface area contributed by atoms with Crippen molar-refractivity contribution < 1.29 is 19.0 Å². The number of rotatable bonds is 4. The van der Waals surface area contributed by atoms with Crippen LogP contribution in [0.5, 0.6) is 11.5 Å². The first-order valence-corrected chi connectivity index (χ1v) is 5.81. The van der Waals surface area contributed by atoms with Gasteiger partial charge in [0.2, 0.25) is 0 Å². The number of halogens is 1. The zero-order chi connectivity index (χ0) is 13.8. The number of hydrogen-bond acceptors (Lipinski definition) is 3. The SMILES string of the molecule is COc1ccc(C(O)c2cccc(F)c2)cc1OC. The van der Waals surface area contributed by atoms with Crippen LogP contribution >= 0.6 is 0 Å². The van der Waals surface area contributed by atoms with E-state index in [4.69, 9.17) is 9.47 Å². The van der Waals surface area contributed by atoms with Crippen LogP contribution in [0.3, 0.4) is 0 Å². The van der Waals surface area contributed by atoms with Crippen LogP contribution in [0, 0.1) is 5.82 Å². The van der Waals surface area contributed by atoms with E-state index >= 15 is 0 Å². The highest BCUT2D eigenvalue weighted by molar-refractivity contribution is 5.45. The van der Waals surface area contributed by atoms with Crippen LogP contribution in [0.2, 0.25) is 0 Å². The third-order valence-corrected chi connectivity index (χ3v) is 2.89. The standard InChI is InChI=1S/C15H15FO3/c1-18-13-7-6-11(9-14(13)19-2)15(17)10-4-3-5-12(16)8-10/h3-9,15,17H,1-2H3. The molecule has 2 aromatic carbocycles. The summed E-state index contributed by atoms with van der Waals surface area (Å²) in [5, 5.41) is 10.2. The molecule has 0 heterocycles. The van der Waals surface area contributed by atoms with Gasteiger partial charge in [-0.2, -0.15) is 0 Å². The average molecular weight is 262 g/mol. The van der Waals surface area contributed by atoms with Crippen molar-refractivity contribution in [1.29, 1.82) is 0 Å². The van der Waals surface area contributed by atoms with Crippen LogP contribution in [0.4, 0.5) is 4.39 Å². The minimum atomic E-state index is -0.907. The third-order valence-electron chi connectivity index (χ3n) is 2.89. The Morgan fingerprint density at radius 2 is 1.63 bits per heavy atom. The Kier molecular flexibility index (Phi) is 4.02. The van der Waals surface area contributed by atoms with E-state index in [1.165, 1.54) is 19.2 Å². The summed E-state index contributed by atoms with van der Waals surface area (Å²) >= 11 is 0. The predicted octanol–water partition coefficient (Wildman–Crippen LogP) is 2.92. The first-order valence-electron chi connectivity index (χ1n) is 5.81. The van der Waals surface area contributed by atoms with Crippen molar-refractivity contribution in [2.75, 3.05) is 14.2 Å². The molecule has 1 atom stereocenters. The first kappa shape index (κ1) is 13.4. The summed E-state index contributed by atoms with van der Waals surface area (Å²) in [4.78, 5) is 0. The van der Waals surface area contributed by atoms with Gasteiger partial charge in [0.05, 0.1) is 14.2 Å². The molecule has 2 rings (SSSR count). The second-order valence-electron chi connectivity index (χ2n) is 4.07. The van der Waals surface area contributed by atoms with Gasteiger partial charge in [-0.15, -0.1) is 0 Å². The van der Waals surface area contributed by atoms with Crippen molar-refractivity contribution in [2.45, 2.75) is 6.10 Å². The number of benzene rings is 2. The number of aliphatic hydroxyl groups is 1. The number of aliphatic hydroxyl groups excluding tert-OH is 1. The molecular weight excluding hydrogens is 247 g/mol. The monoisotopic (exact) mass is 262 g/mol. The van der Waals surface area contributed by atoms with Gasteiger partial charge in [-0.1, -0.05) is 18.2 Å². The molecule has 0 saturated heterocycles. The Balaban J connectivity index is 2.36. The van der Waals surface area contributed by atoms with E-state index in [9.17, 15) is 9.50 Å². The van der Waals surface area contributed by atoms with Crippen molar-refractivity contribution in [3.63, 3.8) is 0 Å². The molecule has 0 aliphatic rings. The lowest BCUT2D eigenvalue weighted by Crippen LogP contribution is -2.01. The highest BCUT2D eigenvalue weighted by atomic mass is 19.1. The fourth-order valence-corrected chi connectivity index (χ4v) is 1.89. The van der Waals surface area contributed by atoms with E-state index in [2.05, 4.69) is 0 Å². The molecule has 0 aliphatic heterocycles. The number of ether oxygens (including phenoxy) is 2. The van der Waals surface area contributed by atoms with E-state index in [0.717, 1.165) is 0 Å². The molecule has 0 aromatic heterocycles. The summed E-state index contributed by atoms with van der Waals surface area (Å²) in [7, 11) is 3.07. The molecule has 0 aliphatic carbocycles. The second-order valence-corrected chi connectivity index (χ2v) is 4.07. The maximum absolute atomic E-state index is 13.2. The quantitative estimate of drug-likeness (QED) is 0.920. The largest absolute Gasteiger partial charge is 0.493 e. The molecule has 0 spiro atoms. The van der Waals surface area contributed by atoms with Crippen molar-refractivity contribution >= 4 is 0 Å². The zero-order valence-corrected chi connectivity index (χ0v) is 10.8. The van der Waals surface area contributed by atoms with Gasteiger partial charge < -0.3 is 14.6 Å². The van der Waals surface area contributed by atoms with Crippen molar-refractivity contribution in [1.82, 2.24) is 0 Å². The van der Waals surface area contributed by atoms with Gasteiger partial charge >= 0.3 is 0 Å². The minimum Gasteiger partial charge on any atom is -0.493 e. The first-order chi connectivity index (χ1) is 9.15. The maximum atomic E-state index is 13.2. The topological polar surface area (TPSA) is 38.7 Å². The normalized spacial score (nSPS) is 12.0. The lowest BCUT2D eigenvalue weighted by Gasteiger charge is -2.14. The highest BCUT2D eigenvalue weighted by Gasteiger charge is 2.14. The average Bonchev–Trinajstić information content (AvgIpc) is 2.45. The summed E-state index contributed by atoms with van der Waals surface area (Å²) in [6.07, 6.45) is -0.907. The molecule has 0 radical (unpaired) electrons. The smallest absolute Gasteiger partial charge is 0.161 e. The molecule has 2 aromatic rings. The van der Waals surface area contributed by atoms with E-state index in [1.54, 1.807) is 37.4 Å². The van der Waals surface area contributed by atoms with Gasteiger partial charge in [-0.3, -0.25) is 0 Å². The van der Waals surface area contributed by atoms with Gasteiger partial charge in [-0.25, -0.2) is 4.39 Å². The molecule has 0 fully saturated rings. The van der Waals surface area contributed by atoms with E-state index in [0.29, 0.717) is 22.6 Å². The Labute approximate surface area is 111 Å². The van der Waals surface area contributed by atoms with E-state index < -0.39 is 6.10 Å². The van der Waals surface area contributed by atoms with Gasteiger partial charge in [0.15, 0.2) is 11.5 Å². The fourth-order valence-electron chi connectivity index (χ4n) is 1.89. The van der Waals surface area contributed by atoms with Gasteiger partial charge in [0, 0.05) is 0 Å². The lowest BCUT2D eigenvalue weighted by molar-refractivity contribution is 0.219. The molecule has 19 heavy (non-hydrogen) atoms. The Morgan fingerprint density at radius 1 is 0.947 bits per heavy atom. The molecule has 100 valence electrons. The summed E-state index contributed by atoms with van der Waals surface area (Å²) in [6.45, 7) is 0. The molecular formula is C15H15FO3. The van der Waals surface area contributed by atoms with Crippen LogP contribution in [0.1, 0.15) is 17.2 Å². The summed E-state index contributed by atoms with van der Waals surface area (Å²) in [5.74, 6) is 0.727. The highest BCUT2D eigenvalue weighted by Crippen LogP contribution is 2.32. The van der Waals surface area contributed by atoms with Crippen LogP contribution < -0.4 is 9.47 Å². The van der Waals surface area contributed by atoms with Crippen LogP contribution in [0.25, 0.3) is 0 Å². The lowest BCUT2D eigenvalue weighted by atomic mass is 10.0. The second kappa shape index (κ2) is 5.71.